The predicted octanol–water partition coefficient (Wildman–Crippen LogP) is 3.75. The fourth-order valence-corrected chi connectivity index (χ4v) is 3.87. The number of nitrogen functional groups attached to an aromatic ring is 1. The van der Waals surface area contributed by atoms with Gasteiger partial charge in [-0.2, -0.15) is 0 Å². The lowest BCUT2D eigenvalue weighted by Gasteiger charge is -2.13. The summed E-state index contributed by atoms with van der Waals surface area (Å²) in [5, 5.41) is 0.666. The van der Waals surface area contributed by atoms with Gasteiger partial charge in [0.2, 0.25) is 0 Å². The minimum Gasteiger partial charge on any atom is -0.494 e. The molecule has 2 aliphatic rings. The fourth-order valence-electron chi connectivity index (χ4n) is 3.87. The molecule has 1 aliphatic heterocycles. The molecule has 1 amide bonds. The summed E-state index contributed by atoms with van der Waals surface area (Å²) in [7, 11) is 1.44. The van der Waals surface area contributed by atoms with E-state index in [9.17, 15) is 9.18 Å². The molecule has 1 aliphatic carbocycles. The second kappa shape index (κ2) is 5.67. The smallest absolute Gasteiger partial charge is 0.258 e. The van der Waals surface area contributed by atoms with E-state index in [0.717, 1.165) is 12.8 Å². The van der Waals surface area contributed by atoms with Crippen molar-refractivity contribution < 1.29 is 13.9 Å². The van der Waals surface area contributed by atoms with E-state index in [2.05, 4.69) is 0 Å². The van der Waals surface area contributed by atoms with Crippen molar-refractivity contribution in [1.29, 1.82) is 0 Å². The zero-order chi connectivity index (χ0) is 18.7. The molecule has 0 saturated heterocycles. The van der Waals surface area contributed by atoms with Crippen LogP contribution in [-0.2, 0) is 6.54 Å². The topological polar surface area (TPSA) is 68.5 Å². The van der Waals surface area contributed by atoms with Gasteiger partial charge >= 0.3 is 0 Å². The van der Waals surface area contributed by atoms with Crippen molar-refractivity contribution in [1.82, 2.24) is 9.88 Å². The van der Waals surface area contributed by atoms with Crippen LogP contribution in [0.4, 0.5) is 10.1 Å². The van der Waals surface area contributed by atoms with Gasteiger partial charge in [-0.15, -0.1) is 0 Å². The zero-order valence-electron chi connectivity index (χ0n) is 14.8. The normalized spacial score (nSPS) is 16.1. The maximum atomic E-state index is 14.9. The summed E-state index contributed by atoms with van der Waals surface area (Å²) in [6.07, 6.45) is 2.05. The van der Waals surface area contributed by atoms with Crippen LogP contribution >= 0.6 is 0 Å². The summed E-state index contributed by atoms with van der Waals surface area (Å²) in [5.41, 5.74) is 9.61. The molecular weight excluding hydrogens is 345 g/mol. The number of hydrogen-bond donors (Lipinski definition) is 1. The first-order chi connectivity index (χ1) is 13.1. The number of carbonyl (C=O) groups excluding carboxylic acids is 1. The van der Waals surface area contributed by atoms with E-state index >= 15 is 0 Å². The Balaban J connectivity index is 1.74. The Hall–Kier alpha value is -3.15. The van der Waals surface area contributed by atoms with Gasteiger partial charge in [-0.3, -0.25) is 4.79 Å². The molecule has 0 radical (unpaired) electrons. The Morgan fingerprint density at radius 1 is 1.19 bits per heavy atom. The van der Waals surface area contributed by atoms with Crippen molar-refractivity contribution in [2.75, 3.05) is 12.8 Å². The molecule has 6 heteroatoms. The Morgan fingerprint density at radius 3 is 2.67 bits per heavy atom. The third kappa shape index (κ3) is 2.29. The van der Waals surface area contributed by atoms with Gasteiger partial charge in [-0.1, -0.05) is 30.3 Å². The van der Waals surface area contributed by atoms with Crippen LogP contribution < -0.4 is 10.5 Å². The molecule has 0 spiro atoms. The van der Waals surface area contributed by atoms with E-state index < -0.39 is 5.82 Å². The molecule has 0 atom stereocenters. The first kappa shape index (κ1) is 16.1. The number of carbonyl (C=O) groups is 1. The maximum absolute atomic E-state index is 14.9. The Bertz CT molecular complexity index is 1110. The van der Waals surface area contributed by atoms with Crippen molar-refractivity contribution in [3.05, 3.63) is 53.5 Å². The highest BCUT2D eigenvalue weighted by atomic mass is 19.1. The maximum Gasteiger partial charge on any atom is 0.258 e. The van der Waals surface area contributed by atoms with Crippen molar-refractivity contribution >= 4 is 22.5 Å². The van der Waals surface area contributed by atoms with E-state index in [1.165, 1.54) is 7.11 Å². The number of nitrogens with two attached hydrogens (primary N) is 1. The number of benzene rings is 2. The second-order valence-electron chi connectivity index (χ2n) is 7.03. The molecule has 0 unspecified atom stereocenters. The fraction of sp³-hybridized carbons (Fsp3) is 0.238. The zero-order valence-corrected chi connectivity index (χ0v) is 14.8. The van der Waals surface area contributed by atoms with Gasteiger partial charge in [0.25, 0.3) is 5.91 Å². The van der Waals surface area contributed by atoms with E-state index in [0.29, 0.717) is 51.6 Å². The number of halogens is 1. The number of ether oxygens (including phenoxy) is 1. The number of nitrogens with zero attached hydrogens (tertiary/aromatic N) is 2. The van der Waals surface area contributed by atoms with Gasteiger partial charge in [0.15, 0.2) is 11.6 Å². The van der Waals surface area contributed by atoms with Crippen LogP contribution in [0.25, 0.3) is 22.0 Å². The molecule has 5 nitrogen and oxygen atoms in total. The molecule has 27 heavy (non-hydrogen) atoms. The molecule has 0 bridgehead atoms. The summed E-state index contributed by atoms with van der Waals surface area (Å²) in [6.45, 7) is 0.466. The number of hydrogen-bond acceptors (Lipinski definition) is 4. The first-order valence-electron chi connectivity index (χ1n) is 8.95. The van der Waals surface area contributed by atoms with Crippen molar-refractivity contribution in [2.45, 2.75) is 25.4 Å². The molecule has 1 aromatic heterocycles. The SMILES string of the molecule is COc1cccc(-c2cccc3c(N)c4c(nc23)CN(C2CC2)C4=O)c1F. The number of pyridine rings is 1. The molecule has 2 aromatic carbocycles. The highest BCUT2D eigenvalue weighted by molar-refractivity contribution is 6.11. The van der Waals surface area contributed by atoms with Crippen molar-refractivity contribution in [3.63, 3.8) is 0 Å². The van der Waals surface area contributed by atoms with Gasteiger partial charge in [0.05, 0.1) is 36.1 Å². The molecule has 136 valence electrons. The second-order valence-corrected chi connectivity index (χ2v) is 7.03. The molecule has 1 fully saturated rings. The van der Waals surface area contributed by atoms with Gasteiger partial charge in [0, 0.05) is 22.6 Å². The van der Waals surface area contributed by atoms with Gasteiger partial charge < -0.3 is 15.4 Å². The van der Waals surface area contributed by atoms with Crippen LogP contribution in [0.1, 0.15) is 28.9 Å². The first-order valence-corrected chi connectivity index (χ1v) is 8.95. The number of rotatable bonds is 3. The minimum atomic E-state index is -0.441. The third-order valence-corrected chi connectivity index (χ3v) is 5.39. The van der Waals surface area contributed by atoms with Crippen LogP contribution in [0.2, 0.25) is 0 Å². The summed E-state index contributed by atoms with van der Waals surface area (Å²) >= 11 is 0. The third-order valence-electron chi connectivity index (χ3n) is 5.39. The highest BCUT2D eigenvalue weighted by Gasteiger charge is 2.40. The number of aromatic nitrogens is 1. The van der Waals surface area contributed by atoms with Crippen LogP contribution in [0.15, 0.2) is 36.4 Å². The molecule has 2 heterocycles. The van der Waals surface area contributed by atoms with E-state index in [1.807, 2.05) is 17.0 Å². The summed E-state index contributed by atoms with van der Waals surface area (Å²) < 4.78 is 20.0. The summed E-state index contributed by atoms with van der Waals surface area (Å²) in [5.74, 6) is -0.310. The minimum absolute atomic E-state index is 0.0441. The van der Waals surface area contributed by atoms with Crippen LogP contribution in [-0.4, -0.2) is 28.9 Å². The van der Waals surface area contributed by atoms with E-state index in [-0.39, 0.29) is 11.7 Å². The number of para-hydroxylation sites is 1. The predicted molar refractivity (Wildman–Crippen MR) is 101 cm³/mol. The van der Waals surface area contributed by atoms with E-state index in [1.54, 1.807) is 24.3 Å². The number of fused-ring (bicyclic) bond motifs is 2. The van der Waals surface area contributed by atoms with Crippen LogP contribution in [0.5, 0.6) is 5.75 Å². The van der Waals surface area contributed by atoms with Gasteiger partial charge in [0.1, 0.15) is 0 Å². The lowest BCUT2D eigenvalue weighted by atomic mass is 9.98. The highest BCUT2D eigenvalue weighted by Crippen LogP contribution is 2.41. The molecule has 1 saturated carbocycles. The van der Waals surface area contributed by atoms with Gasteiger partial charge in [-0.25, -0.2) is 9.37 Å². The van der Waals surface area contributed by atoms with Crippen LogP contribution in [0.3, 0.4) is 0 Å². The lowest BCUT2D eigenvalue weighted by molar-refractivity contribution is 0.0767. The lowest BCUT2D eigenvalue weighted by Crippen LogP contribution is -2.26. The summed E-state index contributed by atoms with van der Waals surface area (Å²) in [6, 6.07) is 10.8. The molecular formula is C21H18FN3O2. The average Bonchev–Trinajstić information content (AvgIpc) is 3.46. The molecule has 5 rings (SSSR count). The monoisotopic (exact) mass is 363 g/mol. The Labute approximate surface area is 155 Å². The largest absolute Gasteiger partial charge is 0.494 e. The molecule has 2 N–H and O–H groups in total. The Kier molecular flexibility index (Phi) is 3.37. The number of anilines is 1. The molecule has 3 aromatic rings. The Morgan fingerprint density at radius 2 is 1.93 bits per heavy atom. The van der Waals surface area contributed by atoms with Crippen LogP contribution in [0, 0.1) is 5.82 Å². The van der Waals surface area contributed by atoms with E-state index in [4.69, 9.17) is 15.5 Å². The standard InChI is InChI=1S/C21H18FN3O2/c1-27-16-7-3-4-12(18(16)22)13-5-2-6-14-19(23)17-15(24-20(13)14)10-25(21(17)26)11-8-9-11/h2-7,11H,8-10H2,1H3,(H2,23,24). The number of amides is 1. The number of methoxy groups -OCH3 is 1. The van der Waals surface area contributed by atoms with Crippen molar-refractivity contribution in [2.24, 2.45) is 0 Å². The van der Waals surface area contributed by atoms with Gasteiger partial charge in [-0.05, 0) is 18.9 Å². The summed E-state index contributed by atoms with van der Waals surface area (Å²) in [4.78, 5) is 19.4. The van der Waals surface area contributed by atoms with Crippen molar-refractivity contribution in [3.8, 4) is 16.9 Å². The quantitative estimate of drug-likeness (QED) is 0.769. The average molecular weight is 363 g/mol.